The van der Waals surface area contributed by atoms with Crippen LogP contribution in [-0.2, 0) is 9.53 Å². The van der Waals surface area contributed by atoms with Crippen LogP contribution < -0.4 is 4.74 Å². The third-order valence-electron chi connectivity index (χ3n) is 2.95. The van der Waals surface area contributed by atoms with E-state index in [2.05, 4.69) is 0 Å². The van der Waals surface area contributed by atoms with E-state index in [0.717, 1.165) is 0 Å². The van der Waals surface area contributed by atoms with Crippen molar-refractivity contribution in [2.24, 2.45) is 0 Å². The molecule has 19 heavy (non-hydrogen) atoms. The maximum absolute atomic E-state index is 12.7. The lowest BCUT2D eigenvalue weighted by Crippen LogP contribution is -2.49. The second-order valence-corrected chi connectivity index (χ2v) is 4.80. The maximum atomic E-state index is 12.7. The summed E-state index contributed by atoms with van der Waals surface area (Å²) in [5.41, 5.74) is 0. The van der Waals surface area contributed by atoms with Gasteiger partial charge in [-0.25, -0.2) is 4.39 Å². The number of morpholine rings is 1. The molecule has 2 unspecified atom stereocenters. The van der Waals surface area contributed by atoms with Crippen molar-refractivity contribution in [1.82, 2.24) is 4.90 Å². The van der Waals surface area contributed by atoms with Gasteiger partial charge >= 0.3 is 0 Å². The fourth-order valence-corrected chi connectivity index (χ4v) is 2.15. The van der Waals surface area contributed by atoms with Gasteiger partial charge < -0.3 is 14.4 Å². The Labute approximate surface area is 112 Å². The van der Waals surface area contributed by atoms with E-state index >= 15 is 0 Å². The van der Waals surface area contributed by atoms with Crippen molar-refractivity contribution < 1.29 is 18.7 Å². The van der Waals surface area contributed by atoms with Crippen molar-refractivity contribution in [1.29, 1.82) is 0 Å². The normalized spacial score (nSPS) is 23.2. The van der Waals surface area contributed by atoms with Crippen LogP contribution in [-0.4, -0.2) is 42.7 Å². The molecule has 0 spiro atoms. The van der Waals surface area contributed by atoms with Gasteiger partial charge in [-0.2, -0.15) is 0 Å². The smallest absolute Gasteiger partial charge is 0.260 e. The third kappa shape index (κ3) is 3.92. The lowest BCUT2D eigenvalue weighted by molar-refractivity contribution is -0.145. The molecule has 1 heterocycles. The van der Waals surface area contributed by atoms with E-state index in [1.807, 2.05) is 13.8 Å². The molecule has 2 atom stereocenters. The predicted molar refractivity (Wildman–Crippen MR) is 68.5 cm³/mol. The molecule has 0 bridgehead atoms. The van der Waals surface area contributed by atoms with Crippen LogP contribution in [0.4, 0.5) is 4.39 Å². The van der Waals surface area contributed by atoms with Crippen LogP contribution in [0, 0.1) is 5.82 Å². The Balaban J connectivity index is 1.85. The first-order chi connectivity index (χ1) is 9.04. The molecule has 4 nitrogen and oxygen atoms in total. The summed E-state index contributed by atoms with van der Waals surface area (Å²) in [6, 6.07) is 5.62. The first-order valence-corrected chi connectivity index (χ1v) is 6.36. The highest BCUT2D eigenvalue weighted by atomic mass is 19.1. The topological polar surface area (TPSA) is 38.8 Å². The average Bonchev–Trinajstić information content (AvgIpc) is 2.36. The molecular weight excluding hydrogens is 249 g/mol. The average molecular weight is 267 g/mol. The fourth-order valence-electron chi connectivity index (χ4n) is 2.15. The largest absolute Gasteiger partial charge is 0.484 e. The SMILES string of the molecule is CC1CN(C(=O)COc2ccc(F)cc2)CC(C)O1. The van der Waals surface area contributed by atoms with Gasteiger partial charge in [-0.05, 0) is 38.1 Å². The van der Waals surface area contributed by atoms with Gasteiger partial charge in [-0.1, -0.05) is 0 Å². The first kappa shape index (κ1) is 13.8. The summed E-state index contributed by atoms with van der Waals surface area (Å²) in [6.07, 6.45) is 0.0806. The van der Waals surface area contributed by atoms with Gasteiger partial charge in [-0.3, -0.25) is 4.79 Å². The molecular formula is C14H18FNO3. The minimum absolute atomic E-state index is 0.0366. The zero-order chi connectivity index (χ0) is 13.8. The molecule has 5 heteroatoms. The zero-order valence-electron chi connectivity index (χ0n) is 11.1. The Morgan fingerprint density at radius 2 is 1.89 bits per heavy atom. The van der Waals surface area contributed by atoms with E-state index in [0.29, 0.717) is 18.8 Å². The number of carbonyl (C=O) groups is 1. The van der Waals surface area contributed by atoms with Crippen LogP contribution >= 0.6 is 0 Å². The molecule has 1 amide bonds. The molecule has 1 aromatic carbocycles. The van der Waals surface area contributed by atoms with Gasteiger partial charge in [0, 0.05) is 13.1 Å². The summed E-state index contributed by atoms with van der Waals surface area (Å²) in [6.45, 7) is 5.00. The molecule has 104 valence electrons. The zero-order valence-corrected chi connectivity index (χ0v) is 11.1. The molecule has 1 saturated heterocycles. The number of hydrogen-bond acceptors (Lipinski definition) is 3. The number of halogens is 1. The second kappa shape index (κ2) is 6.02. The Hall–Kier alpha value is -1.62. The van der Waals surface area contributed by atoms with Gasteiger partial charge in [0.1, 0.15) is 11.6 Å². The number of carbonyl (C=O) groups excluding carboxylic acids is 1. The highest BCUT2D eigenvalue weighted by Gasteiger charge is 2.25. The van der Waals surface area contributed by atoms with E-state index in [1.165, 1.54) is 24.3 Å². The molecule has 1 aliphatic rings. The summed E-state index contributed by atoms with van der Waals surface area (Å²) in [5.74, 6) is 0.0879. The maximum Gasteiger partial charge on any atom is 0.260 e. The summed E-state index contributed by atoms with van der Waals surface area (Å²) in [5, 5.41) is 0. The molecule has 1 aliphatic heterocycles. The molecule has 0 N–H and O–H groups in total. The van der Waals surface area contributed by atoms with Crippen LogP contribution in [0.1, 0.15) is 13.8 Å². The lowest BCUT2D eigenvalue weighted by Gasteiger charge is -2.35. The Morgan fingerprint density at radius 3 is 2.47 bits per heavy atom. The van der Waals surface area contributed by atoms with E-state index in [4.69, 9.17) is 9.47 Å². The predicted octanol–water partition coefficient (Wildman–Crippen LogP) is 1.84. The van der Waals surface area contributed by atoms with Gasteiger partial charge in [-0.15, -0.1) is 0 Å². The summed E-state index contributed by atoms with van der Waals surface area (Å²) in [7, 11) is 0. The molecule has 2 rings (SSSR count). The van der Waals surface area contributed by atoms with Crippen molar-refractivity contribution in [3.8, 4) is 5.75 Å². The van der Waals surface area contributed by atoms with Crippen LogP contribution in [0.5, 0.6) is 5.75 Å². The van der Waals surface area contributed by atoms with Crippen molar-refractivity contribution in [3.05, 3.63) is 30.1 Å². The minimum atomic E-state index is -0.325. The van der Waals surface area contributed by atoms with Gasteiger partial charge in [0.2, 0.25) is 0 Å². The number of benzene rings is 1. The van der Waals surface area contributed by atoms with Crippen molar-refractivity contribution in [2.75, 3.05) is 19.7 Å². The quantitative estimate of drug-likeness (QED) is 0.839. The van der Waals surface area contributed by atoms with E-state index in [1.54, 1.807) is 4.90 Å². The summed E-state index contributed by atoms with van der Waals surface area (Å²) >= 11 is 0. The van der Waals surface area contributed by atoms with E-state index in [9.17, 15) is 9.18 Å². The number of ether oxygens (including phenoxy) is 2. The first-order valence-electron chi connectivity index (χ1n) is 6.36. The number of rotatable bonds is 3. The van der Waals surface area contributed by atoms with Crippen molar-refractivity contribution >= 4 is 5.91 Å². The van der Waals surface area contributed by atoms with Crippen LogP contribution in [0.2, 0.25) is 0 Å². The van der Waals surface area contributed by atoms with Crippen LogP contribution in [0.3, 0.4) is 0 Å². The molecule has 1 fully saturated rings. The minimum Gasteiger partial charge on any atom is -0.484 e. The molecule has 0 saturated carbocycles. The highest BCUT2D eigenvalue weighted by molar-refractivity contribution is 5.78. The van der Waals surface area contributed by atoms with Gasteiger partial charge in [0.15, 0.2) is 6.61 Å². The van der Waals surface area contributed by atoms with Crippen LogP contribution in [0.25, 0.3) is 0 Å². The summed E-state index contributed by atoms with van der Waals surface area (Å²) in [4.78, 5) is 13.7. The molecule has 1 aromatic rings. The fraction of sp³-hybridized carbons (Fsp3) is 0.500. The van der Waals surface area contributed by atoms with E-state index < -0.39 is 0 Å². The highest BCUT2D eigenvalue weighted by Crippen LogP contribution is 2.13. The second-order valence-electron chi connectivity index (χ2n) is 4.80. The number of nitrogens with zero attached hydrogens (tertiary/aromatic N) is 1. The summed E-state index contributed by atoms with van der Waals surface area (Å²) < 4.78 is 23.6. The van der Waals surface area contributed by atoms with Gasteiger partial charge in [0.05, 0.1) is 12.2 Å². The Morgan fingerprint density at radius 1 is 1.32 bits per heavy atom. The monoisotopic (exact) mass is 267 g/mol. The Bertz CT molecular complexity index is 425. The molecule has 0 radical (unpaired) electrons. The van der Waals surface area contributed by atoms with Crippen molar-refractivity contribution in [3.63, 3.8) is 0 Å². The molecule has 0 aromatic heterocycles. The van der Waals surface area contributed by atoms with Gasteiger partial charge in [0.25, 0.3) is 5.91 Å². The third-order valence-corrected chi connectivity index (χ3v) is 2.95. The lowest BCUT2D eigenvalue weighted by atomic mass is 10.2. The Kier molecular flexibility index (Phi) is 4.37. The standard InChI is InChI=1S/C14H18FNO3/c1-10-7-16(8-11(2)19-10)14(17)9-18-13-5-3-12(15)4-6-13/h3-6,10-11H,7-9H2,1-2H3. The number of hydrogen-bond donors (Lipinski definition) is 0. The number of amides is 1. The van der Waals surface area contributed by atoms with Crippen LogP contribution in [0.15, 0.2) is 24.3 Å². The van der Waals surface area contributed by atoms with Crippen molar-refractivity contribution in [2.45, 2.75) is 26.1 Å². The van der Waals surface area contributed by atoms with E-state index in [-0.39, 0.29) is 30.5 Å². The molecule has 0 aliphatic carbocycles.